The Bertz CT molecular complexity index is 452. The van der Waals surface area contributed by atoms with Crippen LogP contribution in [0.3, 0.4) is 0 Å². The fourth-order valence-corrected chi connectivity index (χ4v) is 1.31. The van der Waals surface area contributed by atoms with E-state index in [0.29, 0.717) is 11.3 Å². The highest BCUT2D eigenvalue weighted by Gasteiger charge is 2.02. The average Bonchev–Trinajstić information content (AvgIpc) is 2.28. The molecule has 0 atom stereocenters. The lowest BCUT2D eigenvalue weighted by atomic mass is 10.1. The minimum Gasteiger partial charge on any atom is -0.550 e. The Morgan fingerprint density at radius 1 is 0.944 bits per heavy atom. The van der Waals surface area contributed by atoms with E-state index < -0.39 is 17.8 Å². The summed E-state index contributed by atoms with van der Waals surface area (Å²) in [4.78, 5) is 31.8. The van der Waals surface area contributed by atoms with Gasteiger partial charge in [-0.2, -0.15) is 0 Å². The summed E-state index contributed by atoms with van der Waals surface area (Å²) in [6, 6.07) is 6.17. The van der Waals surface area contributed by atoms with Crippen LogP contribution in [0.25, 0.3) is 0 Å². The SMILES string of the molecule is O=C([O-])CCC(=O)Nc1ccc(CC(=O)[O-])cc1. The molecule has 0 aliphatic carbocycles. The van der Waals surface area contributed by atoms with Gasteiger partial charge >= 0.3 is 0 Å². The maximum atomic E-state index is 11.3. The Kier molecular flexibility index (Phi) is 4.86. The molecule has 1 N–H and O–H groups in total. The van der Waals surface area contributed by atoms with Crippen LogP contribution in [0, 0.1) is 0 Å². The summed E-state index contributed by atoms with van der Waals surface area (Å²) in [5.41, 5.74) is 1.03. The molecule has 0 unspecified atom stereocenters. The number of aliphatic carboxylic acids is 2. The Morgan fingerprint density at radius 3 is 2.06 bits per heavy atom. The normalized spacial score (nSPS) is 9.78. The number of carboxylic acid groups (broad SMARTS) is 2. The predicted molar refractivity (Wildman–Crippen MR) is 58.0 cm³/mol. The van der Waals surface area contributed by atoms with Gasteiger partial charge in [0.2, 0.25) is 5.91 Å². The molecule has 0 saturated heterocycles. The Hall–Kier alpha value is -2.37. The Balaban J connectivity index is 2.50. The van der Waals surface area contributed by atoms with Crippen molar-refractivity contribution in [2.75, 3.05) is 5.32 Å². The number of hydrogen-bond acceptors (Lipinski definition) is 5. The molecule has 0 radical (unpaired) electrons. The molecular formula is C12H11NO5-2. The smallest absolute Gasteiger partial charge is 0.224 e. The maximum absolute atomic E-state index is 11.3. The molecule has 1 aromatic carbocycles. The van der Waals surface area contributed by atoms with E-state index in [4.69, 9.17) is 0 Å². The van der Waals surface area contributed by atoms with Gasteiger partial charge in [0.15, 0.2) is 0 Å². The number of carboxylic acids is 2. The molecule has 0 fully saturated rings. The number of rotatable bonds is 6. The average molecular weight is 249 g/mol. The Morgan fingerprint density at radius 2 is 1.56 bits per heavy atom. The first kappa shape index (κ1) is 13.7. The third-order valence-electron chi connectivity index (χ3n) is 2.14. The third kappa shape index (κ3) is 5.11. The molecule has 1 amide bonds. The van der Waals surface area contributed by atoms with E-state index in [1.807, 2.05) is 0 Å². The van der Waals surface area contributed by atoms with E-state index in [2.05, 4.69) is 5.32 Å². The van der Waals surface area contributed by atoms with Crippen molar-refractivity contribution in [1.82, 2.24) is 0 Å². The number of nitrogens with one attached hydrogen (secondary N) is 1. The van der Waals surface area contributed by atoms with Gasteiger partial charge in [0, 0.05) is 30.5 Å². The predicted octanol–water partition coefficient (Wildman–Crippen LogP) is -1.55. The minimum absolute atomic E-state index is 0.164. The number of carbonyl (C=O) groups excluding carboxylic acids is 3. The molecule has 0 saturated carbocycles. The van der Waals surface area contributed by atoms with Crippen molar-refractivity contribution < 1.29 is 24.6 Å². The highest BCUT2D eigenvalue weighted by atomic mass is 16.4. The quantitative estimate of drug-likeness (QED) is 0.656. The molecule has 0 spiro atoms. The second-order valence-corrected chi connectivity index (χ2v) is 3.67. The first-order chi connectivity index (χ1) is 8.47. The van der Waals surface area contributed by atoms with Crippen molar-refractivity contribution in [3.8, 4) is 0 Å². The van der Waals surface area contributed by atoms with Crippen LogP contribution in [0.5, 0.6) is 0 Å². The van der Waals surface area contributed by atoms with Crippen LogP contribution in [0.15, 0.2) is 24.3 Å². The molecule has 0 aromatic heterocycles. The standard InChI is InChI=1S/C12H13NO5/c14-10(5-6-11(15)16)13-9-3-1-8(2-4-9)7-12(17)18/h1-4H,5-7H2,(H,13,14)(H,15,16)(H,17,18)/p-2. The summed E-state index contributed by atoms with van der Waals surface area (Å²) < 4.78 is 0. The van der Waals surface area contributed by atoms with E-state index in [1.165, 1.54) is 12.1 Å². The zero-order chi connectivity index (χ0) is 13.5. The lowest BCUT2D eigenvalue weighted by molar-refractivity contribution is -0.306. The second-order valence-electron chi connectivity index (χ2n) is 3.67. The summed E-state index contributed by atoms with van der Waals surface area (Å²) in [5.74, 6) is -2.90. The van der Waals surface area contributed by atoms with E-state index in [1.54, 1.807) is 12.1 Å². The maximum Gasteiger partial charge on any atom is 0.224 e. The van der Waals surface area contributed by atoms with Gasteiger partial charge in [0.1, 0.15) is 0 Å². The van der Waals surface area contributed by atoms with Gasteiger partial charge in [-0.25, -0.2) is 0 Å². The molecule has 1 aromatic rings. The molecule has 0 aliphatic rings. The fraction of sp³-hybridized carbons (Fsp3) is 0.250. The van der Waals surface area contributed by atoms with E-state index >= 15 is 0 Å². The van der Waals surface area contributed by atoms with Crippen LogP contribution in [-0.2, 0) is 20.8 Å². The van der Waals surface area contributed by atoms with Crippen molar-refractivity contribution >= 4 is 23.5 Å². The molecule has 18 heavy (non-hydrogen) atoms. The number of anilines is 1. The van der Waals surface area contributed by atoms with Crippen LogP contribution < -0.4 is 15.5 Å². The van der Waals surface area contributed by atoms with Crippen molar-refractivity contribution in [2.24, 2.45) is 0 Å². The van der Waals surface area contributed by atoms with Crippen LogP contribution in [0.2, 0.25) is 0 Å². The summed E-state index contributed by atoms with van der Waals surface area (Å²) in [5, 5.41) is 23.0. The van der Waals surface area contributed by atoms with Crippen molar-refractivity contribution in [3.63, 3.8) is 0 Å². The summed E-state index contributed by atoms with van der Waals surface area (Å²) in [6.45, 7) is 0. The molecule has 6 nitrogen and oxygen atoms in total. The van der Waals surface area contributed by atoms with Gasteiger partial charge in [-0.05, 0) is 24.1 Å². The lowest BCUT2D eigenvalue weighted by Crippen LogP contribution is -2.24. The van der Waals surface area contributed by atoms with E-state index in [9.17, 15) is 24.6 Å². The van der Waals surface area contributed by atoms with Crippen molar-refractivity contribution in [3.05, 3.63) is 29.8 Å². The third-order valence-corrected chi connectivity index (χ3v) is 2.14. The zero-order valence-corrected chi connectivity index (χ0v) is 9.47. The molecule has 0 aliphatic heterocycles. The van der Waals surface area contributed by atoms with Gasteiger partial charge in [-0.15, -0.1) is 0 Å². The van der Waals surface area contributed by atoms with Gasteiger partial charge in [0.25, 0.3) is 0 Å². The van der Waals surface area contributed by atoms with E-state index in [0.717, 1.165) is 0 Å². The molecule has 0 bridgehead atoms. The van der Waals surface area contributed by atoms with Crippen molar-refractivity contribution in [2.45, 2.75) is 19.3 Å². The van der Waals surface area contributed by atoms with Crippen LogP contribution >= 0.6 is 0 Å². The molecule has 1 rings (SSSR count). The number of hydrogen-bond donors (Lipinski definition) is 1. The molecule has 6 heteroatoms. The fourth-order valence-electron chi connectivity index (χ4n) is 1.31. The van der Waals surface area contributed by atoms with Crippen LogP contribution in [0.4, 0.5) is 5.69 Å². The first-order valence-electron chi connectivity index (χ1n) is 5.26. The van der Waals surface area contributed by atoms with Crippen molar-refractivity contribution in [1.29, 1.82) is 0 Å². The number of carbonyl (C=O) groups is 3. The lowest BCUT2D eigenvalue weighted by Gasteiger charge is -2.07. The highest BCUT2D eigenvalue weighted by molar-refractivity contribution is 5.92. The minimum atomic E-state index is -1.28. The molecule has 96 valence electrons. The van der Waals surface area contributed by atoms with Gasteiger partial charge in [0.05, 0.1) is 0 Å². The summed E-state index contributed by atoms with van der Waals surface area (Å²) in [7, 11) is 0. The summed E-state index contributed by atoms with van der Waals surface area (Å²) in [6.07, 6.45) is -0.698. The largest absolute Gasteiger partial charge is 0.550 e. The zero-order valence-electron chi connectivity index (χ0n) is 9.47. The van der Waals surface area contributed by atoms with Gasteiger partial charge < -0.3 is 25.1 Å². The monoisotopic (exact) mass is 249 g/mol. The molecule has 0 heterocycles. The number of benzene rings is 1. The van der Waals surface area contributed by atoms with Gasteiger partial charge in [-0.1, -0.05) is 12.1 Å². The van der Waals surface area contributed by atoms with Gasteiger partial charge in [-0.3, -0.25) is 4.79 Å². The number of amides is 1. The van der Waals surface area contributed by atoms with E-state index in [-0.39, 0.29) is 19.3 Å². The molecular weight excluding hydrogens is 238 g/mol. The first-order valence-corrected chi connectivity index (χ1v) is 5.26. The highest BCUT2D eigenvalue weighted by Crippen LogP contribution is 2.10. The summed E-state index contributed by atoms with van der Waals surface area (Å²) >= 11 is 0. The van der Waals surface area contributed by atoms with Crippen LogP contribution in [0.1, 0.15) is 18.4 Å². The van der Waals surface area contributed by atoms with Crippen LogP contribution in [-0.4, -0.2) is 17.8 Å². The topological polar surface area (TPSA) is 109 Å². The second kappa shape index (κ2) is 6.39. The Labute approximate surface area is 103 Å².